The van der Waals surface area contributed by atoms with Gasteiger partial charge in [-0.2, -0.15) is 26.3 Å². The molecule has 1 aromatic heterocycles. The van der Waals surface area contributed by atoms with Gasteiger partial charge in [0.25, 0.3) is 0 Å². The van der Waals surface area contributed by atoms with Gasteiger partial charge in [0.2, 0.25) is 0 Å². The minimum Gasteiger partial charge on any atom is -0.487 e. The monoisotopic (exact) mass is 825 g/mol. The zero-order valence-electron chi connectivity index (χ0n) is 29.5. The summed E-state index contributed by atoms with van der Waals surface area (Å²) in [6.45, 7) is 7.40. The van der Waals surface area contributed by atoms with Crippen molar-refractivity contribution in [1.29, 1.82) is 0 Å². The first-order valence-corrected chi connectivity index (χ1v) is 17.6. The third kappa shape index (κ3) is 9.34. The molecule has 0 amide bonds. The number of aryl methyl sites for hydroxylation is 2. The average molecular weight is 826 g/mol. The molecule has 50 heavy (non-hydrogen) atoms. The number of nitrogens with two attached hydrogens (primary N) is 1. The molecule has 0 aliphatic rings. The Morgan fingerprint density at radius 3 is 2.08 bits per heavy atom. The largest absolute Gasteiger partial charge is 0.487 e. The van der Waals surface area contributed by atoms with Gasteiger partial charge in [0.1, 0.15) is 11.3 Å². The van der Waals surface area contributed by atoms with Crippen molar-refractivity contribution in [2.75, 3.05) is 13.2 Å². The van der Waals surface area contributed by atoms with Crippen LogP contribution in [0.5, 0.6) is 5.75 Å². The van der Waals surface area contributed by atoms with E-state index in [1.165, 1.54) is 19.1 Å². The number of fused-ring (bicyclic) bond motifs is 1. The van der Waals surface area contributed by atoms with Crippen LogP contribution in [-0.2, 0) is 22.4 Å². The van der Waals surface area contributed by atoms with Crippen LogP contribution >= 0.6 is 22.6 Å². The molecule has 0 saturated carbocycles. The number of rotatable bonds is 17. The van der Waals surface area contributed by atoms with Crippen molar-refractivity contribution in [1.82, 2.24) is 0 Å². The maximum absolute atomic E-state index is 14.8. The highest BCUT2D eigenvalue weighted by Crippen LogP contribution is 2.48. The molecule has 13 heteroatoms. The summed E-state index contributed by atoms with van der Waals surface area (Å²) in [4.78, 5) is 26.0. The molecular weight excluding hydrogens is 779 g/mol. The van der Waals surface area contributed by atoms with E-state index in [2.05, 4.69) is 17.7 Å². The van der Waals surface area contributed by atoms with E-state index in [1.54, 1.807) is 33.8 Å². The van der Waals surface area contributed by atoms with Crippen LogP contribution in [0.4, 0.5) is 26.3 Å². The summed E-state index contributed by atoms with van der Waals surface area (Å²) in [5.74, 6) is -18.6. The normalized spacial score (nSPS) is 14.5. The zero-order chi connectivity index (χ0) is 37.9. The summed E-state index contributed by atoms with van der Waals surface area (Å²) in [7, 11) is 0. The Balaban J connectivity index is 1.78. The highest BCUT2D eigenvalue weighted by atomic mass is 127. The lowest BCUT2D eigenvalue weighted by Crippen LogP contribution is -2.59. The number of unbranched alkanes of at least 4 members (excludes halogenated alkanes) is 2. The molecule has 0 aliphatic carbocycles. The highest BCUT2D eigenvalue weighted by Gasteiger charge is 2.72. The van der Waals surface area contributed by atoms with Crippen molar-refractivity contribution in [2.45, 2.75) is 114 Å². The fraction of sp³-hybridized carbons (Fsp3) is 0.568. The van der Waals surface area contributed by atoms with Gasteiger partial charge in [0, 0.05) is 20.4 Å². The first-order chi connectivity index (χ1) is 22.9. The van der Waals surface area contributed by atoms with Gasteiger partial charge in [-0.05, 0) is 95.2 Å². The number of carbonyl (C=O) groups excluding carboxylic acids is 1. The number of hydrogen-bond donors (Lipinski definition) is 1. The van der Waals surface area contributed by atoms with Gasteiger partial charge in [-0.25, -0.2) is 4.79 Å². The Morgan fingerprint density at radius 1 is 0.860 bits per heavy atom. The van der Waals surface area contributed by atoms with Crippen molar-refractivity contribution in [2.24, 2.45) is 11.1 Å². The Labute approximate surface area is 302 Å². The molecular formula is C37H46F6INO5. The molecule has 0 aliphatic heterocycles. The summed E-state index contributed by atoms with van der Waals surface area (Å²) < 4.78 is 102. The molecule has 0 saturated heterocycles. The van der Waals surface area contributed by atoms with E-state index in [0.717, 1.165) is 42.9 Å². The van der Waals surface area contributed by atoms with Crippen molar-refractivity contribution in [3.05, 3.63) is 64.0 Å². The molecule has 1 unspecified atom stereocenters. The minimum absolute atomic E-state index is 0.0694. The summed E-state index contributed by atoms with van der Waals surface area (Å²) in [5.41, 5.74) is 5.80. The Kier molecular flexibility index (Phi) is 12.8. The first kappa shape index (κ1) is 41.6. The molecule has 6 nitrogen and oxygen atoms in total. The topological polar surface area (TPSA) is 91.8 Å². The van der Waals surface area contributed by atoms with Crippen molar-refractivity contribution in [3.63, 3.8) is 0 Å². The van der Waals surface area contributed by atoms with E-state index in [4.69, 9.17) is 14.9 Å². The molecule has 3 rings (SSSR count). The lowest BCUT2D eigenvalue weighted by atomic mass is 9.71. The van der Waals surface area contributed by atoms with E-state index in [9.17, 15) is 35.9 Å². The standard InChI is InChI=1S/C37H46F6INO5/c1-8-10-11-12-23-13-16-27(24(9-2)17-23)28-18-25-14-15-26(19-29(25)50-30(28)46)48-21-35(38,39)37(42,43)36(40,41)22-49-31(47)34(7,33(5,6)44)20-32(3,4)45/h13-19H,8-12,20-22,45H2,1-7H3. The summed E-state index contributed by atoms with van der Waals surface area (Å²) >= 11 is 1.88. The average Bonchev–Trinajstić information content (AvgIpc) is 3.00. The molecule has 0 radical (unpaired) electrons. The van der Waals surface area contributed by atoms with Gasteiger partial charge in [0.15, 0.2) is 13.2 Å². The number of esters is 1. The first-order valence-electron chi connectivity index (χ1n) is 16.5. The van der Waals surface area contributed by atoms with E-state index < -0.39 is 62.7 Å². The van der Waals surface area contributed by atoms with Gasteiger partial charge in [-0.1, -0.05) is 67.5 Å². The second kappa shape index (κ2) is 15.4. The zero-order valence-corrected chi connectivity index (χ0v) is 31.6. The number of hydrogen-bond acceptors (Lipinski definition) is 6. The number of carbonyl (C=O) groups is 1. The molecule has 2 N–H and O–H groups in total. The summed E-state index contributed by atoms with van der Waals surface area (Å²) in [6, 6.07) is 11.0. The van der Waals surface area contributed by atoms with Crippen LogP contribution in [0.3, 0.4) is 0 Å². The molecule has 3 aromatic rings. The Bertz CT molecular complexity index is 1710. The van der Waals surface area contributed by atoms with Crippen LogP contribution in [-0.4, -0.2) is 45.9 Å². The third-order valence-corrected chi connectivity index (χ3v) is 10.1. The predicted octanol–water partition coefficient (Wildman–Crippen LogP) is 9.93. The molecule has 0 fully saturated rings. The number of alkyl halides is 7. The lowest BCUT2D eigenvalue weighted by Gasteiger charge is -2.42. The lowest BCUT2D eigenvalue weighted by molar-refractivity contribution is -0.323. The van der Waals surface area contributed by atoms with Crippen LogP contribution in [0.2, 0.25) is 0 Å². The van der Waals surface area contributed by atoms with Crippen molar-refractivity contribution >= 4 is 39.5 Å². The second-order valence-electron chi connectivity index (χ2n) is 14.3. The van der Waals surface area contributed by atoms with E-state index >= 15 is 0 Å². The second-order valence-corrected chi connectivity index (χ2v) is 17.0. The van der Waals surface area contributed by atoms with Crippen molar-refractivity contribution < 1.29 is 45.0 Å². The van der Waals surface area contributed by atoms with E-state index in [0.29, 0.717) is 17.4 Å². The smallest absolute Gasteiger partial charge is 0.378 e. The van der Waals surface area contributed by atoms with Gasteiger partial charge in [0.05, 0.1) is 11.0 Å². The molecule has 1 heterocycles. The minimum atomic E-state index is -5.98. The number of benzene rings is 2. The number of halogens is 7. The quantitative estimate of drug-likeness (QED) is 0.0364. The van der Waals surface area contributed by atoms with Crippen LogP contribution < -0.4 is 16.1 Å². The maximum atomic E-state index is 14.8. The van der Waals surface area contributed by atoms with Crippen LogP contribution in [0.15, 0.2) is 51.7 Å². The van der Waals surface area contributed by atoms with Crippen LogP contribution in [0, 0.1) is 5.41 Å². The predicted molar refractivity (Wildman–Crippen MR) is 191 cm³/mol. The Hall–Kier alpha value is -2.81. The molecule has 278 valence electrons. The van der Waals surface area contributed by atoms with Gasteiger partial charge >= 0.3 is 29.4 Å². The van der Waals surface area contributed by atoms with E-state index in [1.807, 2.05) is 41.6 Å². The maximum Gasteiger partial charge on any atom is 0.378 e. The Morgan fingerprint density at radius 2 is 1.50 bits per heavy atom. The van der Waals surface area contributed by atoms with Gasteiger partial charge in [-0.15, -0.1) is 0 Å². The summed E-state index contributed by atoms with van der Waals surface area (Å²) in [5, 5.41) is 0.395. The van der Waals surface area contributed by atoms with Crippen LogP contribution in [0.25, 0.3) is 22.1 Å². The summed E-state index contributed by atoms with van der Waals surface area (Å²) in [6.07, 6.45) is 4.76. The van der Waals surface area contributed by atoms with E-state index in [-0.39, 0.29) is 17.6 Å². The molecule has 0 spiro atoms. The highest BCUT2D eigenvalue weighted by molar-refractivity contribution is 14.1. The van der Waals surface area contributed by atoms with Crippen molar-refractivity contribution in [3.8, 4) is 16.9 Å². The number of ether oxygens (including phenoxy) is 2. The van der Waals surface area contributed by atoms with Gasteiger partial charge in [-0.3, -0.25) is 4.79 Å². The van der Waals surface area contributed by atoms with Crippen LogP contribution in [0.1, 0.15) is 85.3 Å². The molecule has 2 aromatic carbocycles. The molecule has 1 atom stereocenters. The fourth-order valence-corrected chi connectivity index (χ4v) is 6.09. The SMILES string of the molecule is CCCCCc1ccc(-c2cc3ccc(OCC(F)(F)C(F)(F)C(F)(F)COC(=O)C(C)(CC(C)(C)N)C(C)(C)I)cc3oc2=O)c(CC)c1. The molecule has 0 bridgehead atoms. The third-order valence-electron chi connectivity index (χ3n) is 8.91. The fourth-order valence-electron chi connectivity index (χ4n) is 5.68. The van der Waals surface area contributed by atoms with Gasteiger partial charge < -0.3 is 19.6 Å².